The Bertz CT molecular complexity index is 335. The Morgan fingerprint density at radius 1 is 1.31 bits per heavy atom. The van der Waals surface area contributed by atoms with Crippen LogP contribution in [0.1, 0.15) is 25.8 Å². The van der Waals surface area contributed by atoms with Crippen molar-refractivity contribution in [3.63, 3.8) is 0 Å². The Labute approximate surface area is 98.0 Å². The number of nitrogens with one attached hydrogen (secondary N) is 1. The van der Waals surface area contributed by atoms with Gasteiger partial charge in [-0.3, -0.25) is 0 Å². The van der Waals surface area contributed by atoms with Crippen molar-refractivity contribution >= 4 is 0 Å². The fraction of sp³-hybridized carbons (Fsp3) is 0.429. The fourth-order valence-corrected chi connectivity index (χ4v) is 1.35. The van der Waals surface area contributed by atoms with Gasteiger partial charge in [0.25, 0.3) is 0 Å². The molecule has 86 valence electrons. The van der Waals surface area contributed by atoms with Crippen LogP contribution in [-0.2, 0) is 6.54 Å². The summed E-state index contributed by atoms with van der Waals surface area (Å²) in [6.45, 7) is 5.76. The van der Waals surface area contributed by atoms with Gasteiger partial charge in [-0.1, -0.05) is 12.1 Å². The van der Waals surface area contributed by atoms with Crippen LogP contribution in [0.4, 0.5) is 0 Å². The maximum atomic E-state index is 5.57. The molecule has 0 unspecified atom stereocenters. The maximum absolute atomic E-state index is 5.57. The molecule has 0 amide bonds. The third kappa shape index (κ3) is 4.86. The van der Waals surface area contributed by atoms with Crippen molar-refractivity contribution in [3.8, 4) is 18.1 Å². The molecule has 1 aromatic carbocycles. The molecule has 0 aliphatic carbocycles. The molecular formula is C14H19NO. The highest BCUT2D eigenvalue weighted by atomic mass is 16.5. The smallest absolute Gasteiger partial charge is 0.119 e. The van der Waals surface area contributed by atoms with Crippen molar-refractivity contribution in [1.82, 2.24) is 5.32 Å². The molecule has 1 aromatic rings. The van der Waals surface area contributed by atoms with Gasteiger partial charge in [0, 0.05) is 19.5 Å². The molecule has 0 heterocycles. The van der Waals surface area contributed by atoms with Crippen molar-refractivity contribution in [1.29, 1.82) is 0 Å². The van der Waals surface area contributed by atoms with E-state index in [2.05, 4.69) is 23.4 Å². The molecule has 1 rings (SSSR count). The molecular weight excluding hydrogens is 198 g/mol. The zero-order valence-electron chi connectivity index (χ0n) is 9.99. The topological polar surface area (TPSA) is 21.3 Å². The lowest BCUT2D eigenvalue weighted by atomic mass is 10.2. The van der Waals surface area contributed by atoms with Crippen molar-refractivity contribution in [2.45, 2.75) is 32.9 Å². The molecule has 2 heteroatoms. The van der Waals surface area contributed by atoms with Crippen LogP contribution in [0.25, 0.3) is 0 Å². The van der Waals surface area contributed by atoms with Crippen LogP contribution in [0.2, 0.25) is 0 Å². The summed E-state index contributed by atoms with van der Waals surface area (Å²) in [5.41, 5.74) is 1.24. The number of hydrogen-bond donors (Lipinski definition) is 1. The summed E-state index contributed by atoms with van der Waals surface area (Å²) in [7, 11) is 0. The summed E-state index contributed by atoms with van der Waals surface area (Å²) in [5.74, 6) is 3.52. The second-order valence-corrected chi connectivity index (χ2v) is 3.94. The highest BCUT2D eigenvalue weighted by Gasteiger charge is 1.97. The lowest BCUT2D eigenvalue weighted by Gasteiger charge is -2.10. The van der Waals surface area contributed by atoms with E-state index in [1.54, 1.807) is 0 Å². The van der Waals surface area contributed by atoms with E-state index in [1.165, 1.54) is 5.56 Å². The van der Waals surface area contributed by atoms with Crippen LogP contribution >= 0.6 is 0 Å². The van der Waals surface area contributed by atoms with E-state index in [0.717, 1.165) is 25.3 Å². The lowest BCUT2D eigenvalue weighted by Crippen LogP contribution is -2.14. The Hall–Kier alpha value is -1.46. The molecule has 0 aliphatic rings. The van der Waals surface area contributed by atoms with Crippen LogP contribution in [0.15, 0.2) is 24.3 Å². The molecule has 0 saturated heterocycles. The quantitative estimate of drug-likeness (QED) is 0.584. The monoisotopic (exact) mass is 217 g/mol. The summed E-state index contributed by atoms with van der Waals surface area (Å²) in [4.78, 5) is 0. The second-order valence-electron chi connectivity index (χ2n) is 3.94. The first-order valence-corrected chi connectivity index (χ1v) is 5.62. The molecule has 0 atom stereocenters. The minimum Gasteiger partial charge on any atom is -0.491 e. The number of terminal acetylenes is 1. The number of hydrogen-bond acceptors (Lipinski definition) is 2. The minimum absolute atomic E-state index is 0.222. The lowest BCUT2D eigenvalue weighted by molar-refractivity contribution is 0.242. The molecule has 0 aliphatic heterocycles. The molecule has 0 saturated carbocycles. The zero-order valence-corrected chi connectivity index (χ0v) is 9.99. The van der Waals surface area contributed by atoms with Crippen LogP contribution < -0.4 is 10.1 Å². The van der Waals surface area contributed by atoms with Crippen LogP contribution in [0.5, 0.6) is 5.75 Å². The summed E-state index contributed by atoms with van der Waals surface area (Å²) in [5, 5.41) is 3.28. The molecule has 0 bridgehead atoms. The Morgan fingerprint density at radius 2 is 2.00 bits per heavy atom. The first-order valence-electron chi connectivity index (χ1n) is 5.62. The summed E-state index contributed by atoms with van der Waals surface area (Å²) in [6, 6.07) is 8.14. The first-order chi connectivity index (χ1) is 7.72. The third-order valence-corrected chi connectivity index (χ3v) is 2.07. The van der Waals surface area contributed by atoms with Crippen molar-refractivity contribution in [2.24, 2.45) is 0 Å². The predicted molar refractivity (Wildman–Crippen MR) is 67.4 cm³/mol. The predicted octanol–water partition coefficient (Wildman–Crippen LogP) is 2.59. The van der Waals surface area contributed by atoms with Gasteiger partial charge >= 0.3 is 0 Å². The normalized spacial score (nSPS) is 10.1. The number of benzene rings is 1. The van der Waals surface area contributed by atoms with E-state index < -0.39 is 0 Å². The van der Waals surface area contributed by atoms with Gasteiger partial charge in [0.2, 0.25) is 0 Å². The van der Waals surface area contributed by atoms with E-state index in [0.29, 0.717) is 0 Å². The molecule has 0 radical (unpaired) electrons. The first kappa shape index (κ1) is 12.6. The van der Waals surface area contributed by atoms with Gasteiger partial charge < -0.3 is 10.1 Å². The van der Waals surface area contributed by atoms with Gasteiger partial charge in [-0.05, 0) is 31.5 Å². The largest absolute Gasteiger partial charge is 0.491 e. The van der Waals surface area contributed by atoms with E-state index >= 15 is 0 Å². The molecule has 1 N–H and O–H groups in total. The minimum atomic E-state index is 0.222. The fourth-order valence-electron chi connectivity index (χ4n) is 1.35. The van der Waals surface area contributed by atoms with Gasteiger partial charge in [-0.25, -0.2) is 0 Å². The van der Waals surface area contributed by atoms with Crippen LogP contribution in [0, 0.1) is 12.3 Å². The van der Waals surface area contributed by atoms with Crippen LogP contribution in [0.3, 0.4) is 0 Å². The standard InChI is InChI=1S/C14H19NO/c1-4-5-10-15-11-13-6-8-14(9-7-13)16-12(2)3/h1,6-9,12,15H,5,10-11H2,2-3H3. The maximum Gasteiger partial charge on any atom is 0.119 e. The second kappa shape index (κ2) is 6.92. The van der Waals surface area contributed by atoms with Crippen molar-refractivity contribution < 1.29 is 4.74 Å². The summed E-state index contributed by atoms with van der Waals surface area (Å²) < 4.78 is 5.57. The molecule has 0 aromatic heterocycles. The van der Waals surface area contributed by atoms with E-state index in [1.807, 2.05) is 26.0 Å². The van der Waals surface area contributed by atoms with Gasteiger partial charge in [0.1, 0.15) is 5.75 Å². The molecule has 0 spiro atoms. The van der Waals surface area contributed by atoms with Gasteiger partial charge in [-0.2, -0.15) is 0 Å². The average Bonchev–Trinajstić information content (AvgIpc) is 2.26. The van der Waals surface area contributed by atoms with E-state index in [4.69, 9.17) is 11.2 Å². The molecule has 0 fully saturated rings. The highest BCUT2D eigenvalue weighted by molar-refractivity contribution is 5.27. The van der Waals surface area contributed by atoms with Gasteiger partial charge in [0.05, 0.1) is 6.10 Å². The Balaban J connectivity index is 2.37. The van der Waals surface area contributed by atoms with Gasteiger partial charge in [-0.15, -0.1) is 12.3 Å². The van der Waals surface area contributed by atoms with Crippen molar-refractivity contribution in [2.75, 3.05) is 6.54 Å². The average molecular weight is 217 g/mol. The molecule has 16 heavy (non-hydrogen) atoms. The highest BCUT2D eigenvalue weighted by Crippen LogP contribution is 2.13. The van der Waals surface area contributed by atoms with E-state index in [9.17, 15) is 0 Å². The summed E-state index contributed by atoms with van der Waals surface area (Å²) in [6.07, 6.45) is 6.16. The number of ether oxygens (including phenoxy) is 1. The molecule has 2 nitrogen and oxygen atoms in total. The Kier molecular flexibility index (Phi) is 5.45. The van der Waals surface area contributed by atoms with Gasteiger partial charge in [0.15, 0.2) is 0 Å². The SMILES string of the molecule is C#CCCNCc1ccc(OC(C)C)cc1. The van der Waals surface area contributed by atoms with Crippen molar-refractivity contribution in [3.05, 3.63) is 29.8 Å². The third-order valence-electron chi connectivity index (χ3n) is 2.07. The number of rotatable bonds is 6. The van der Waals surface area contributed by atoms with E-state index in [-0.39, 0.29) is 6.10 Å². The zero-order chi connectivity index (χ0) is 11.8. The van der Waals surface area contributed by atoms with Crippen LogP contribution in [-0.4, -0.2) is 12.6 Å². The Morgan fingerprint density at radius 3 is 2.56 bits per heavy atom. The summed E-state index contributed by atoms with van der Waals surface area (Å²) >= 11 is 0.